The fourth-order valence-electron chi connectivity index (χ4n) is 2.11. The molecular formula is C12H11BrN4. The standard InChI is InChI=1S/C12H11BrN4/c1-17-6-8(10-5-11(14)16-15-10)7-3-2-4-9(13)12(7)17/h2-6H,1H3,(H3,14,15,16). The number of aromatic nitrogens is 3. The SMILES string of the molecule is Cn1cc(-c2cc(N)n[nH]2)c2cccc(Br)c21. The Kier molecular flexibility index (Phi) is 2.22. The molecule has 5 heteroatoms. The molecule has 1 aromatic carbocycles. The first kappa shape index (κ1) is 10.4. The molecule has 0 aliphatic carbocycles. The first-order valence-electron chi connectivity index (χ1n) is 5.21. The molecule has 2 aromatic heterocycles. The molecule has 3 rings (SSSR count). The van der Waals surface area contributed by atoms with Crippen molar-refractivity contribution in [1.82, 2.24) is 14.8 Å². The van der Waals surface area contributed by atoms with Crippen LogP contribution in [0.15, 0.2) is 34.9 Å². The Morgan fingerprint density at radius 1 is 1.41 bits per heavy atom. The lowest BCUT2D eigenvalue weighted by molar-refractivity contribution is 0.966. The number of hydrogen-bond acceptors (Lipinski definition) is 2. The number of nitrogens with one attached hydrogen (secondary N) is 1. The molecule has 4 nitrogen and oxygen atoms in total. The third-order valence-electron chi connectivity index (χ3n) is 2.84. The number of nitrogen functional groups attached to an aromatic ring is 1. The van der Waals surface area contributed by atoms with E-state index in [0.29, 0.717) is 5.82 Å². The molecule has 3 aromatic rings. The molecule has 0 aliphatic rings. The Morgan fingerprint density at radius 2 is 2.24 bits per heavy atom. The number of rotatable bonds is 1. The molecule has 0 aliphatic heterocycles. The van der Waals surface area contributed by atoms with E-state index in [1.165, 1.54) is 5.39 Å². The summed E-state index contributed by atoms with van der Waals surface area (Å²) in [5.74, 6) is 0.506. The van der Waals surface area contributed by atoms with Crippen molar-refractivity contribution in [2.24, 2.45) is 7.05 Å². The summed E-state index contributed by atoms with van der Waals surface area (Å²) < 4.78 is 3.17. The number of aromatic amines is 1. The minimum Gasteiger partial charge on any atom is -0.382 e. The van der Waals surface area contributed by atoms with Gasteiger partial charge < -0.3 is 10.3 Å². The monoisotopic (exact) mass is 290 g/mol. The second kappa shape index (κ2) is 3.63. The predicted molar refractivity (Wildman–Crippen MR) is 72.6 cm³/mol. The molecule has 0 fully saturated rings. The van der Waals surface area contributed by atoms with Crippen molar-refractivity contribution >= 4 is 32.7 Å². The highest BCUT2D eigenvalue weighted by molar-refractivity contribution is 9.10. The summed E-state index contributed by atoms with van der Waals surface area (Å²) in [6, 6.07) is 7.99. The molecule has 0 saturated carbocycles. The zero-order valence-corrected chi connectivity index (χ0v) is 10.8. The largest absolute Gasteiger partial charge is 0.382 e. The summed E-state index contributed by atoms with van der Waals surface area (Å²) in [5, 5.41) is 8.08. The van der Waals surface area contributed by atoms with Crippen molar-refractivity contribution < 1.29 is 0 Å². The van der Waals surface area contributed by atoms with Gasteiger partial charge in [0.2, 0.25) is 0 Å². The maximum atomic E-state index is 5.64. The van der Waals surface area contributed by atoms with Crippen molar-refractivity contribution in [2.45, 2.75) is 0 Å². The van der Waals surface area contributed by atoms with Gasteiger partial charge in [0.05, 0.1) is 11.2 Å². The van der Waals surface area contributed by atoms with Gasteiger partial charge in [0.1, 0.15) is 5.82 Å². The smallest absolute Gasteiger partial charge is 0.145 e. The highest BCUT2D eigenvalue weighted by Gasteiger charge is 2.12. The molecule has 0 bridgehead atoms. The minimum atomic E-state index is 0.506. The first-order chi connectivity index (χ1) is 8.16. The summed E-state index contributed by atoms with van der Waals surface area (Å²) >= 11 is 3.57. The van der Waals surface area contributed by atoms with Crippen LogP contribution < -0.4 is 5.73 Å². The van der Waals surface area contributed by atoms with Crippen molar-refractivity contribution in [2.75, 3.05) is 5.73 Å². The van der Waals surface area contributed by atoms with Crippen LogP contribution in [0.25, 0.3) is 22.2 Å². The van der Waals surface area contributed by atoms with Crippen LogP contribution in [0.4, 0.5) is 5.82 Å². The Labute approximate surface area is 107 Å². The van der Waals surface area contributed by atoms with E-state index >= 15 is 0 Å². The molecule has 0 atom stereocenters. The van der Waals surface area contributed by atoms with Crippen LogP contribution in [-0.2, 0) is 7.05 Å². The van der Waals surface area contributed by atoms with E-state index in [0.717, 1.165) is 21.2 Å². The average molecular weight is 291 g/mol. The van der Waals surface area contributed by atoms with Gasteiger partial charge in [-0.2, -0.15) is 5.10 Å². The topological polar surface area (TPSA) is 59.6 Å². The Morgan fingerprint density at radius 3 is 2.94 bits per heavy atom. The highest BCUT2D eigenvalue weighted by atomic mass is 79.9. The molecule has 0 saturated heterocycles. The lowest BCUT2D eigenvalue weighted by atomic mass is 10.1. The number of benzene rings is 1. The number of nitrogens with zero attached hydrogens (tertiary/aromatic N) is 2. The number of anilines is 1. The molecule has 2 heterocycles. The van der Waals surface area contributed by atoms with Gasteiger partial charge in [-0.25, -0.2) is 0 Å². The molecule has 3 N–H and O–H groups in total. The van der Waals surface area contributed by atoms with Crippen molar-refractivity contribution in [1.29, 1.82) is 0 Å². The van der Waals surface area contributed by atoms with E-state index in [1.807, 2.05) is 25.2 Å². The van der Waals surface area contributed by atoms with Crippen LogP contribution in [0.2, 0.25) is 0 Å². The molecule has 0 radical (unpaired) electrons. The van der Waals surface area contributed by atoms with Crippen LogP contribution in [0.1, 0.15) is 0 Å². The van der Waals surface area contributed by atoms with Crippen LogP contribution in [0, 0.1) is 0 Å². The summed E-state index contributed by atoms with van der Waals surface area (Å²) in [6.45, 7) is 0. The molecular weight excluding hydrogens is 280 g/mol. The van der Waals surface area contributed by atoms with E-state index < -0.39 is 0 Å². The number of nitrogens with two attached hydrogens (primary N) is 1. The van der Waals surface area contributed by atoms with Gasteiger partial charge in [-0.3, -0.25) is 5.10 Å². The van der Waals surface area contributed by atoms with Gasteiger partial charge in [0.15, 0.2) is 0 Å². The van der Waals surface area contributed by atoms with Gasteiger partial charge >= 0.3 is 0 Å². The van der Waals surface area contributed by atoms with Gasteiger partial charge in [0.25, 0.3) is 0 Å². The van der Waals surface area contributed by atoms with Gasteiger partial charge in [-0.1, -0.05) is 12.1 Å². The fourth-order valence-corrected chi connectivity index (χ4v) is 2.75. The molecule has 0 unspecified atom stereocenters. The lowest BCUT2D eigenvalue weighted by Crippen LogP contribution is -1.83. The summed E-state index contributed by atoms with van der Waals surface area (Å²) in [6.07, 6.45) is 2.07. The van der Waals surface area contributed by atoms with E-state index in [1.54, 1.807) is 0 Å². The number of hydrogen-bond donors (Lipinski definition) is 2. The Bertz CT molecular complexity index is 696. The quantitative estimate of drug-likeness (QED) is 0.724. The summed E-state index contributed by atoms with van der Waals surface area (Å²) in [7, 11) is 2.02. The van der Waals surface area contributed by atoms with Crippen molar-refractivity contribution in [3.63, 3.8) is 0 Å². The Balaban J connectivity index is 2.35. The zero-order valence-electron chi connectivity index (χ0n) is 9.24. The van der Waals surface area contributed by atoms with E-state index in [9.17, 15) is 0 Å². The number of aryl methyl sites for hydroxylation is 1. The summed E-state index contributed by atoms with van der Waals surface area (Å²) in [5.41, 5.74) is 8.84. The Hall–Kier alpha value is -1.75. The third kappa shape index (κ3) is 1.54. The maximum absolute atomic E-state index is 5.64. The molecule has 0 spiro atoms. The highest BCUT2D eigenvalue weighted by Crippen LogP contribution is 2.33. The van der Waals surface area contributed by atoms with Crippen LogP contribution in [-0.4, -0.2) is 14.8 Å². The second-order valence-electron chi connectivity index (χ2n) is 4.00. The van der Waals surface area contributed by atoms with Crippen LogP contribution in [0.5, 0.6) is 0 Å². The van der Waals surface area contributed by atoms with Gasteiger partial charge in [-0.05, 0) is 22.0 Å². The van der Waals surface area contributed by atoms with Gasteiger partial charge in [0, 0.05) is 34.7 Å². The molecule has 17 heavy (non-hydrogen) atoms. The number of fused-ring (bicyclic) bond motifs is 1. The molecule has 0 amide bonds. The van der Waals surface area contributed by atoms with Crippen molar-refractivity contribution in [3.8, 4) is 11.3 Å². The normalized spacial score (nSPS) is 11.2. The van der Waals surface area contributed by atoms with Crippen molar-refractivity contribution in [3.05, 3.63) is 34.9 Å². The van der Waals surface area contributed by atoms with Crippen LogP contribution in [0.3, 0.4) is 0 Å². The number of H-pyrrole nitrogens is 1. The number of halogens is 1. The van der Waals surface area contributed by atoms with Crippen LogP contribution >= 0.6 is 15.9 Å². The average Bonchev–Trinajstić information content (AvgIpc) is 2.84. The molecule has 86 valence electrons. The summed E-state index contributed by atoms with van der Waals surface area (Å²) in [4.78, 5) is 0. The minimum absolute atomic E-state index is 0.506. The second-order valence-corrected chi connectivity index (χ2v) is 4.85. The van der Waals surface area contributed by atoms with Gasteiger partial charge in [-0.15, -0.1) is 0 Å². The van der Waals surface area contributed by atoms with E-state index in [4.69, 9.17) is 5.73 Å². The predicted octanol–water partition coefficient (Wildman–Crippen LogP) is 2.91. The first-order valence-corrected chi connectivity index (χ1v) is 6.01. The fraction of sp³-hybridized carbons (Fsp3) is 0.0833. The number of para-hydroxylation sites is 1. The zero-order chi connectivity index (χ0) is 12.0. The lowest BCUT2D eigenvalue weighted by Gasteiger charge is -1.98. The third-order valence-corrected chi connectivity index (χ3v) is 3.48. The van der Waals surface area contributed by atoms with E-state index in [-0.39, 0.29) is 0 Å². The maximum Gasteiger partial charge on any atom is 0.145 e. The van der Waals surface area contributed by atoms with E-state index in [2.05, 4.69) is 43.0 Å².